The van der Waals surface area contributed by atoms with Crippen LogP contribution in [0.4, 0.5) is 5.82 Å². The van der Waals surface area contributed by atoms with Gasteiger partial charge in [0, 0.05) is 33.4 Å². The van der Waals surface area contributed by atoms with Gasteiger partial charge in [-0.3, -0.25) is 5.10 Å². The smallest absolute Gasteiger partial charge is 0.145 e. The first-order valence-corrected chi connectivity index (χ1v) is 6.13. The van der Waals surface area contributed by atoms with Gasteiger partial charge in [0.05, 0.1) is 5.69 Å². The lowest BCUT2D eigenvalue weighted by atomic mass is 10.1. The summed E-state index contributed by atoms with van der Waals surface area (Å²) in [5.41, 5.74) is 9.96. The van der Waals surface area contributed by atoms with E-state index in [2.05, 4.69) is 51.6 Å². The number of nitrogens with two attached hydrogens (primary N) is 1. The van der Waals surface area contributed by atoms with E-state index in [9.17, 15) is 0 Å². The Morgan fingerprint density at radius 3 is 2.58 bits per heavy atom. The number of benzene rings is 2. The first kappa shape index (κ1) is 10.2. The highest BCUT2D eigenvalue weighted by atomic mass is 15.2. The number of nitrogens with one attached hydrogen (secondary N) is 2. The third-order valence-electron chi connectivity index (χ3n) is 3.41. The van der Waals surface area contributed by atoms with Crippen LogP contribution in [0.25, 0.3) is 33.1 Å². The summed E-state index contributed by atoms with van der Waals surface area (Å²) in [6, 6.07) is 16.4. The lowest BCUT2D eigenvalue weighted by molar-refractivity contribution is 1.10. The summed E-state index contributed by atoms with van der Waals surface area (Å²) >= 11 is 0. The molecule has 0 aliphatic heterocycles. The van der Waals surface area contributed by atoms with Crippen LogP contribution in [0.3, 0.4) is 0 Å². The molecule has 2 heterocycles. The summed E-state index contributed by atoms with van der Waals surface area (Å²) in [5.74, 6) is 0.508. The average molecular weight is 248 g/mol. The molecule has 0 fully saturated rings. The highest BCUT2D eigenvalue weighted by Crippen LogP contribution is 2.29. The van der Waals surface area contributed by atoms with E-state index in [0.29, 0.717) is 5.82 Å². The molecule has 0 spiro atoms. The summed E-state index contributed by atoms with van der Waals surface area (Å²) in [6.07, 6.45) is 0. The van der Waals surface area contributed by atoms with Crippen LogP contribution in [0.1, 0.15) is 0 Å². The second kappa shape index (κ2) is 3.62. The molecule has 4 heteroatoms. The van der Waals surface area contributed by atoms with Gasteiger partial charge in [0.2, 0.25) is 0 Å². The molecule has 4 N–H and O–H groups in total. The minimum absolute atomic E-state index is 0.508. The van der Waals surface area contributed by atoms with Gasteiger partial charge in [-0.2, -0.15) is 5.10 Å². The number of hydrogen-bond donors (Lipinski definition) is 3. The molecule has 0 amide bonds. The van der Waals surface area contributed by atoms with E-state index in [-0.39, 0.29) is 0 Å². The molecule has 0 atom stereocenters. The Kier molecular flexibility index (Phi) is 1.94. The third-order valence-corrected chi connectivity index (χ3v) is 3.41. The molecule has 0 aliphatic rings. The van der Waals surface area contributed by atoms with Gasteiger partial charge in [0.15, 0.2) is 0 Å². The number of anilines is 1. The molecular formula is C15H12N4. The van der Waals surface area contributed by atoms with Crippen molar-refractivity contribution < 1.29 is 0 Å². The van der Waals surface area contributed by atoms with Crippen LogP contribution in [-0.2, 0) is 0 Å². The summed E-state index contributed by atoms with van der Waals surface area (Å²) in [6.45, 7) is 0. The lowest BCUT2D eigenvalue weighted by Crippen LogP contribution is -1.81. The van der Waals surface area contributed by atoms with Crippen molar-refractivity contribution in [2.75, 3.05) is 5.73 Å². The minimum Gasteiger partial charge on any atom is -0.382 e. The number of hydrogen-bond acceptors (Lipinski definition) is 2. The van der Waals surface area contributed by atoms with E-state index < -0.39 is 0 Å². The zero-order valence-corrected chi connectivity index (χ0v) is 10.1. The Morgan fingerprint density at radius 2 is 1.74 bits per heavy atom. The van der Waals surface area contributed by atoms with Crippen molar-refractivity contribution in [3.05, 3.63) is 48.5 Å². The predicted molar refractivity (Wildman–Crippen MR) is 77.8 cm³/mol. The van der Waals surface area contributed by atoms with Gasteiger partial charge < -0.3 is 10.7 Å². The normalized spacial score (nSPS) is 11.4. The lowest BCUT2D eigenvalue weighted by Gasteiger charge is -1.98. The van der Waals surface area contributed by atoms with Crippen LogP contribution in [0, 0.1) is 0 Å². The van der Waals surface area contributed by atoms with E-state index in [1.807, 2.05) is 12.1 Å². The predicted octanol–water partition coefficient (Wildman–Crippen LogP) is 3.29. The summed E-state index contributed by atoms with van der Waals surface area (Å²) < 4.78 is 0. The molecule has 0 unspecified atom stereocenters. The van der Waals surface area contributed by atoms with Crippen molar-refractivity contribution in [1.29, 1.82) is 0 Å². The van der Waals surface area contributed by atoms with E-state index in [1.54, 1.807) is 0 Å². The van der Waals surface area contributed by atoms with Gasteiger partial charge in [-0.1, -0.05) is 24.3 Å². The maximum absolute atomic E-state index is 5.65. The molecule has 2 aromatic carbocycles. The fraction of sp³-hybridized carbons (Fsp3) is 0. The molecule has 0 saturated heterocycles. The monoisotopic (exact) mass is 248 g/mol. The highest BCUT2D eigenvalue weighted by molar-refractivity contribution is 6.08. The van der Waals surface area contributed by atoms with Crippen LogP contribution < -0.4 is 5.73 Å². The number of aromatic amines is 2. The molecule has 4 nitrogen and oxygen atoms in total. The third kappa shape index (κ3) is 1.50. The number of fused-ring (bicyclic) bond motifs is 3. The van der Waals surface area contributed by atoms with Crippen molar-refractivity contribution in [3.8, 4) is 11.3 Å². The van der Waals surface area contributed by atoms with E-state index in [1.165, 1.54) is 10.8 Å². The Morgan fingerprint density at radius 1 is 0.895 bits per heavy atom. The second-order valence-electron chi connectivity index (χ2n) is 4.64. The Bertz CT molecular complexity index is 885. The summed E-state index contributed by atoms with van der Waals surface area (Å²) in [4.78, 5) is 3.41. The molecule has 2 aromatic heterocycles. The molecule has 4 aromatic rings. The second-order valence-corrected chi connectivity index (χ2v) is 4.64. The van der Waals surface area contributed by atoms with Crippen LogP contribution >= 0.6 is 0 Å². The van der Waals surface area contributed by atoms with E-state index in [4.69, 9.17) is 5.73 Å². The maximum atomic E-state index is 5.65. The molecule has 92 valence electrons. The summed E-state index contributed by atoms with van der Waals surface area (Å²) in [7, 11) is 0. The van der Waals surface area contributed by atoms with Crippen LogP contribution in [0.2, 0.25) is 0 Å². The van der Waals surface area contributed by atoms with Crippen molar-refractivity contribution in [1.82, 2.24) is 15.2 Å². The van der Waals surface area contributed by atoms with Gasteiger partial charge in [-0.15, -0.1) is 0 Å². The van der Waals surface area contributed by atoms with E-state index >= 15 is 0 Å². The zero-order chi connectivity index (χ0) is 12.8. The van der Waals surface area contributed by atoms with Crippen molar-refractivity contribution in [3.63, 3.8) is 0 Å². The Hall–Kier alpha value is -2.75. The minimum atomic E-state index is 0.508. The number of rotatable bonds is 1. The molecule has 4 rings (SSSR count). The Balaban J connectivity index is 2.02. The first-order valence-electron chi connectivity index (χ1n) is 6.13. The summed E-state index contributed by atoms with van der Waals surface area (Å²) in [5, 5.41) is 9.35. The van der Waals surface area contributed by atoms with Gasteiger partial charge >= 0.3 is 0 Å². The maximum Gasteiger partial charge on any atom is 0.145 e. The largest absolute Gasteiger partial charge is 0.382 e. The number of para-hydroxylation sites is 1. The number of nitrogen functional groups attached to an aromatic ring is 1. The fourth-order valence-corrected chi connectivity index (χ4v) is 2.50. The molecule has 0 bridgehead atoms. The molecule has 0 aliphatic carbocycles. The molecule has 19 heavy (non-hydrogen) atoms. The van der Waals surface area contributed by atoms with Crippen LogP contribution in [0.15, 0.2) is 48.5 Å². The van der Waals surface area contributed by atoms with E-state index in [0.717, 1.165) is 22.3 Å². The standard InChI is InChI=1S/C15H12N4/c16-15-8-14(18-19-15)9-5-6-13-11(7-9)10-3-1-2-4-12(10)17-13/h1-8,17H,(H3,16,18,19). The SMILES string of the molecule is Nc1cc(-c2ccc3[nH]c4ccccc4c3c2)[nH]n1. The van der Waals surface area contributed by atoms with Crippen molar-refractivity contribution >= 4 is 27.6 Å². The number of aromatic nitrogens is 3. The van der Waals surface area contributed by atoms with Gasteiger partial charge in [-0.05, 0) is 18.2 Å². The molecule has 0 radical (unpaired) electrons. The number of H-pyrrole nitrogens is 2. The highest BCUT2D eigenvalue weighted by Gasteiger charge is 2.07. The fourth-order valence-electron chi connectivity index (χ4n) is 2.50. The molecule has 0 saturated carbocycles. The Labute approximate surface area is 109 Å². The van der Waals surface area contributed by atoms with Crippen LogP contribution in [-0.4, -0.2) is 15.2 Å². The first-order chi connectivity index (χ1) is 9.31. The van der Waals surface area contributed by atoms with Gasteiger partial charge in [0.1, 0.15) is 5.82 Å². The van der Waals surface area contributed by atoms with Crippen molar-refractivity contribution in [2.45, 2.75) is 0 Å². The van der Waals surface area contributed by atoms with Gasteiger partial charge in [0.25, 0.3) is 0 Å². The molecular weight excluding hydrogens is 236 g/mol. The average Bonchev–Trinajstić information content (AvgIpc) is 3.01. The van der Waals surface area contributed by atoms with Crippen LogP contribution in [0.5, 0.6) is 0 Å². The van der Waals surface area contributed by atoms with Gasteiger partial charge in [-0.25, -0.2) is 0 Å². The van der Waals surface area contributed by atoms with Crippen molar-refractivity contribution in [2.24, 2.45) is 0 Å². The topological polar surface area (TPSA) is 70.5 Å². The number of nitrogens with zero attached hydrogens (tertiary/aromatic N) is 1. The quantitative estimate of drug-likeness (QED) is 0.483. The zero-order valence-electron chi connectivity index (χ0n) is 10.1.